The van der Waals surface area contributed by atoms with Crippen molar-refractivity contribution in [3.05, 3.63) is 52.8 Å². The predicted octanol–water partition coefficient (Wildman–Crippen LogP) is 2.68. The number of hydrogen-bond acceptors (Lipinski definition) is 4. The highest BCUT2D eigenvalue weighted by atomic mass is 35.5. The number of aromatic nitrogens is 4. The zero-order valence-corrected chi connectivity index (χ0v) is 11.4. The summed E-state index contributed by atoms with van der Waals surface area (Å²) >= 11 is 11.8. The zero-order chi connectivity index (χ0) is 14.1. The first kappa shape index (κ1) is 12.8. The fourth-order valence-corrected chi connectivity index (χ4v) is 2.15. The first-order valence-electron chi connectivity index (χ1n) is 5.56. The molecule has 6 nitrogen and oxygen atoms in total. The van der Waals surface area contributed by atoms with Gasteiger partial charge in [0.05, 0.1) is 17.3 Å². The third kappa shape index (κ3) is 2.19. The Morgan fingerprint density at radius 1 is 1.20 bits per heavy atom. The lowest BCUT2D eigenvalue weighted by molar-refractivity contribution is 0.102. The molecule has 0 saturated heterocycles. The van der Waals surface area contributed by atoms with Gasteiger partial charge in [-0.2, -0.15) is 5.10 Å². The van der Waals surface area contributed by atoms with Crippen LogP contribution < -0.4 is 5.32 Å². The number of carbonyl (C=O) groups excluding carboxylic acids is 1. The van der Waals surface area contributed by atoms with E-state index in [2.05, 4.69) is 20.4 Å². The molecule has 3 rings (SSSR count). The van der Waals surface area contributed by atoms with Gasteiger partial charge in [0.25, 0.3) is 5.91 Å². The van der Waals surface area contributed by atoms with Gasteiger partial charge < -0.3 is 5.32 Å². The van der Waals surface area contributed by atoms with E-state index in [4.69, 9.17) is 23.2 Å². The van der Waals surface area contributed by atoms with Crippen molar-refractivity contribution in [2.45, 2.75) is 0 Å². The summed E-state index contributed by atoms with van der Waals surface area (Å²) in [5.41, 5.74) is 1.26. The summed E-state index contributed by atoms with van der Waals surface area (Å²) < 4.78 is 1.60. The van der Waals surface area contributed by atoms with Crippen molar-refractivity contribution in [2.75, 3.05) is 5.32 Å². The molecule has 0 atom stereocenters. The number of hydrogen-bond donors (Lipinski definition) is 1. The smallest absolute Gasteiger partial charge is 0.259 e. The van der Waals surface area contributed by atoms with Gasteiger partial charge in [0.15, 0.2) is 10.3 Å². The van der Waals surface area contributed by atoms with E-state index < -0.39 is 0 Å². The summed E-state index contributed by atoms with van der Waals surface area (Å²) in [6, 6.07) is 5.42. The van der Waals surface area contributed by atoms with Crippen LogP contribution in [0.4, 0.5) is 5.69 Å². The molecule has 0 radical (unpaired) electrons. The average Bonchev–Trinajstić information content (AvgIpc) is 2.87. The van der Waals surface area contributed by atoms with Gasteiger partial charge in [-0.05, 0) is 12.1 Å². The number of pyridine rings is 1. The van der Waals surface area contributed by atoms with E-state index in [1.807, 2.05) is 12.1 Å². The molecular weight excluding hydrogens is 301 g/mol. The molecule has 100 valence electrons. The quantitative estimate of drug-likeness (QED) is 0.739. The molecule has 20 heavy (non-hydrogen) atoms. The molecule has 0 aromatic carbocycles. The molecular formula is C12H7Cl2N5O. The molecule has 0 unspecified atom stereocenters. The maximum absolute atomic E-state index is 12.3. The Labute approximate surface area is 123 Å². The molecule has 1 N–H and O–H groups in total. The number of rotatable bonds is 2. The van der Waals surface area contributed by atoms with Gasteiger partial charge >= 0.3 is 0 Å². The summed E-state index contributed by atoms with van der Waals surface area (Å²) in [6.07, 6.45) is 4.43. The van der Waals surface area contributed by atoms with Crippen LogP contribution in [0.5, 0.6) is 0 Å². The van der Waals surface area contributed by atoms with Crippen LogP contribution in [0.1, 0.15) is 10.4 Å². The average molecular weight is 308 g/mol. The van der Waals surface area contributed by atoms with Crippen molar-refractivity contribution >= 4 is 40.3 Å². The van der Waals surface area contributed by atoms with Crippen LogP contribution in [0, 0.1) is 0 Å². The Bertz CT molecular complexity index is 781. The van der Waals surface area contributed by atoms with E-state index in [9.17, 15) is 4.79 Å². The van der Waals surface area contributed by atoms with Crippen molar-refractivity contribution in [1.29, 1.82) is 0 Å². The first-order valence-corrected chi connectivity index (χ1v) is 6.32. The van der Waals surface area contributed by atoms with Gasteiger partial charge in [-0.25, -0.2) is 14.5 Å². The normalized spacial score (nSPS) is 10.7. The summed E-state index contributed by atoms with van der Waals surface area (Å²) in [6.45, 7) is 0. The van der Waals surface area contributed by atoms with Crippen LogP contribution in [0.2, 0.25) is 10.3 Å². The van der Waals surface area contributed by atoms with Gasteiger partial charge in [-0.15, -0.1) is 0 Å². The van der Waals surface area contributed by atoms with Gasteiger partial charge in [0.1, 0.15) is 12.0 Å². The number of anilines is 1. The molecule has 3 aromatic rings. The summed E-state index contributed by atoms with van der Waals surface area (Å²) in [5, 5.41) is 6.83. The highest BCUT2D eigenvalue weighted by molar-refractivity contribution is 6.38. The Morgan fingerprint density at radius 3 is 2.70 bits per heavy atom. The van der Waals surface area contributed by atoms with E-state index in [0.29, 0.717) is 11.1 Å². The van der Waals surface area contributed by atoms with E-state index in [0.717, 1.165) is 0 Å². The lowest BCUT2D eigenvalue weighted by Crippen LogP contribution is -2.13. The number of fused-ring (bicyclic) bond motifs is 1. The van der Waals surface area contributed by atoms with Crippen LogP contribution in [0.25, 0.3) is 5.52 Å². The third-order valence-electron chi connectivity index (χ3n) is 2.66. The van der Waals surface area contributed by atoms with Crippen molar-refractivity contribution in [2.24, 2.45) is 0 Å². The number of nitrogens with one attached hydrogen (secondary N) is 1. The lowest BCUT2D eigenvalue weighted by atomic mass is 10.2. The molecule has 0 fully saturated rings. The Kier molecular flexibility index (Phi) is 3.25. The van der Waals surface area contributed by atoms with Crippen LogP contribution >= 0.6 is 23.2 Å². The number of amides is 1. The van der Waals surface area contributed by atoms with Crippen molar-refractivity contribution in [3.63, 3.8) is 0 Å². The molecule has 3 heterocycles. The molecule has 0 aliphatic heterocycles. The minimum atomic E-state index is -0.384. The number of carbonyl (C=O) groups is 1. The molecule has 0 bridgehead atoms. The highest BCUT2D eigenvalue weighted by Gasteiger charge is 2.16. The van der Waals surface area contributed by atoms with E-state index in [1.165, 1.54) is 12.5 Å². The maximum Gasteiger partial charge on any atom is 0.259 e. The van der Waals surface area contributed by atoms with Crippen molar-refractivity contribution in [1.82, 2.24) is 19.6 Å². The van der Waals surface area contributed by atoms with E-state index in [1.54, 1.807) is 16.8 Å². The Balaban J connectivity index is 1.98. The summed E-state index contributed by atoms with van der Waals surface area (Å²) in [4.78, 5) is 19.8. The predicted molar refractivity (Wildman–Crippen MR) is 75.2 cm³/mol. The fraction of sp³-hybridized carbons (Fsp3) is 0. The second kappa shape index (κ2) is 5.07. The highest BCUT2D eigenvalue weighted by Crippen LogP contribution is 2.26. The Hall–Kier alpha value is -2.18. The van der Waals surface area contributed by atoms with Gasteiger partial charge in [-0.1, -0.05) is 29.3 Å². The van der Waals surface area contributed by atoms with Crippen LogP contribution in [-0.2, 0) is 0 Å². The topological polar surface area (TPSA) is 72.2 Å². The molecule has 8 heteroatoms. The molecule has 0 saturated carbocycles. The molecule has 0 aliphatic rings. The van der Waals surface area contributed by atoms with E-state index >= 15 is 0 Å². The molecule has 3 aromatic heterocycles. The van der Waals surface area contributed by atoms with Crippen LogP contribution in [0.3, 0.4) is 0 Å². The minimum Gasteiger partial charge on any atom is -0.317 e. The zero-order valence-electron chi connectivity index (χ0n) is 9.92. The minimum absolute atomic E-state index is 0.0785. The Morgan fingerprint density at radius 2 is 1.95 bits per heavy atom. The SMILES string of the molecule is O=C(Nc1c(Cl)ncnc1Cl)c1cnn2ccccc12. The van der Waals surface area contributed by atoms with Gasteiger partial charge in [0.2, 0.25) is 0 Å². The van der Waals surface area contributed by atoms with E-state index in [-0.39, 0.29) is 21.9 Å². The number of nitrogens with zero attached hydrogens (tertiary/aromatic N) is 4. The van der Waals surface area contributed by atoms with Gasteiger partial charge in [0, 0.05) is 6.20 Å². The summed E-state index contributed by atoms with van der Waals surface area (Å²) in [5.74, 6) is -0.384. The third-order valence-corrected chi connectivity index (χ3v) is 3.24. The molecule has 0 aliphatic carbocycles. The second-order valence-electron chi connectivity index (χ2n) is 3.87. The van der Waals surface area contributed by atoms with Crippen LogP contribution in [0.15, 0.2) is 36.9 Å². The lowest BCUT2D eigenvalue weighted by Gasteiger charge is -2.06. The molecule has 1 amide bonds. The second-order valence-corrected chi connectivity index (χ2v) is 4.59. The van der Waals surface area contributed by atoms with Crippen LogP contribution in [-0.4, -0.2) is 25.5 Å². The first-order chi connectivity index (χ1) is 9.66. The maximum atomic E-state index is 12.3. The standard InChI is InChI=1S/C12H7Cl2N5O/c13-10-9(11(14)16-6-15-10)18-12(20)7-5-17-19-4-2-1-3-8(7)19/h1-6H,(H,18,20). The van der Waals surface area contributed by atoms with Crippen molar-refractivity contribution < 1.29 is 4.79 Å². The largest absolute Gasteiger partial charge is 0.317 e. The summed E-state index contributed by atoms with van der Waals surface area (Å²) in [7, 11) is 0. The van der Waals surface area contributed by atoms with Gasteiger partial charge in [-0.3, -0.25) is 4.79 Å². The monoisotopic (exact) mass is 307 g/mol. The number of halogens is 2. The molecule has 0 spiro atoms. The van der Waals surface area contributed by atoms with Crippen molar-refractivity contribution in [3.8, 4) is 0 Å². The fourth-order valence-electron chi connectivity index (χ4n) is 1.74.